The van der Waals surface area contributed by atoms with Crippen molar-refractivity contribution < 1.29 is 9.47 Å². The molecule has 0 radical (unpaired) electrons. The minimum absolute atomic E-state index is 0.182. The molecule has 0 fully saturated rings. The molecular formula is C10H14ClNO2. The normalized spacial score (nSPS) is 12.4. The largest absolute Gasteiger partial charge is 0.496 e. The molecule has 0 aliphatic heterocycles. The minimum Gasteiger partial charge on any atom is -0.496 e. The molecule has 3 nitrogen and oxygen atoms in total. The molecule has 0 aliphatic carbocycles. The van der Waals surface area contributed by atoms with Gasteiger partial charge in [0.25, 0.3) is 0 Å². The van der Waals surface area contributed by atoms with Gasteiger partial charge < -0.3 is 15.2 Å². The molecule has 1 unspecified atom stereocenters. The maximum atomic E-state index is 5.97. The minimum atomic E-state index is -0.182. The van der Waals surface area contributed by atoms with Crippen molar-refractivity contribution >= 4 is 11.6 Å². The highest BCUT2D eigenvalue weighted by Gasteiger charge is 2.16. The molecule has 0 spiro atoms. The highest BCUT2D eigenvalue weighted by Crippen LogP contribution is 2.38. The first-order valence-corrected chi connectivity index (χ1v) is 4.65. The molecule has 0 aromatic heterocycles. The van der Waals surface area contributed by atoms with E-state index in [0.717, 1.165) is 5.56 Å². The average molecular weight is 216 g/mol. The Morgan fingerprint density at radius 2 is 1.93 bits per heavy atom. The van der Waals surface area contributed by atoms with Crippen LogP contribution in [0.1, 0.15) is 18.5 Å². The first-order valence-electron chi connectivity index (χ1n) is 4.27. The van der Waals surface area contributed by atoms with Gasteiger partial charge in [-0.3, -0.25) is 0 Å². The third-order valence-electron chi connectivity index (χ3n) is 1.99. The first-order chi connectivity index (χ1) is 6.61. The van der Waals surface area contributed by atoms with E-state index < -0.39 is 0 Å². The van der Waals surface area contributed by atoms with E-state index in [1.165, 1.54) is 0 Å². The van der Waals surface area contributed by atoms with Gasteiger partial charge in [0, 0.05) is 6.04 Å². The molecule has 14 heavy (non-hydrogen) atoms. The molecule has 0 amide bonds. The van der Waals surface area contributed by atoms with Crippen molar-refractivity contribution in [3.63, 3.8) is 0 Å². The summed E-state index contributed by atoms with van der Waals surface area (Å²) >= 11 is 5.97. The van der Waals surface area contributed by atoms with Gasteiger partial charge in [-0.2, -0.15) is 0 Å². The van der Waals surface area contributed by atoms with E-state index in [9.17, 15) is 0 Å². The third kappa shape index (κ3) is 1.94. The Labute approximate surface area is 88.8 Å². The number of methoxy groups -OCH3 is 2. The van der Waals surface area contributed by atoms with Gasteiger partial charge in [-0.1, -0.05) is 11.6 Å². The third-order valence-corrected chi connectivity index (χ3v) is 2.29. The summed E-state index contributed by atoms with van der Waals surface area (Å²) in [6, 6.07) is 3.33. The van der Waals surface area contributed by atoms with Crippen LogP contribution < -0.4 is 15.2 Å². The van der Waals surface area contributed by atoms with E-state index in [1.54, 1.807) is 26.4 Å². The fraction of sp³-hybridized carbons (Fsp3) is 0.400. The van der Waals surface area contributed by atoms with Crippen LogP contribution in [0.5, 0.6) is 11.5 Å². The first kappa shape index (κ1) is 11.1. The summed E-state index contributed by atoms with van der Waals surface area (Å²) in [6.07, 6.45) is 0. The van der Waals surface area contributed by atoms with E-state index in [-0.39, 0.29) is 6.04 Å². The van der Waals surface area contributed by atoms with E-state index in [4.69, 9.17) is 26.8 Å². The molecule has 0 saturated carbocycles. The second-order valence-electron chi connectivity index (χ2n) is 2.99. The van der Waals surface area contributed by atoms with E-state index in [0.29, 0.717) is 16.5 Å². The summed E-state index contributed by atoms with van der Waals surface area (Å²) in [5.74, 6) is 1.28. The van der Waals surface area contributed by atoms with E-state index in [2.05, 4.69) is 0 Å². The van der Waals surface area contributed by atoms with E-state index >= 15 is 0 Å². The number of rotatable bonds is 3. The van der Waals surface area contributed by atoms with Crippen LogP contribution in [0.15, 0.2) is 12.1 Å². The van der Waals surface area contributed by atoms with Crippen LogP contribution in [0.4, 0.5) is 0 Å². The van der Waals surface area contributed by atoms with Gasteiger partial charge in [0.2, 0.25) is 0 Å². The summed E-state index contributed by atoms with van der Waals surface area (Å²) in [6.45, 7) is 1.86. The van der Waals surface area contributed by atoms with Crippen LogP contribution in [0.25, 0.3) is 0 Å². The Balaban J connectivity index is 3.36. The van der Waals surface area contributed by atoms with Crippen LogP contribution in [-0.4, -0.2) is 14.2 Å². The second-order valence-corrected chi connectivity index (χ2v) is 3.39. The van der Waals surface area contributed by atoms with Crippen LogP contribution in [-0.2, 0) is 0 Å². The van der Waals surface area contributed by atoms with Crippen molar-refractivity contribution in [3.05, 3.63) is 22.7 Å². The molecule has 1 aromatic rings. The average Bonchev–Trinajstić information content (AvgIpc) is 2.17. The summed E-state index contributed by atoms with van der Waals surface area (Å²) in [5.41, 5.74) is 6.61. The molecule has 4 heteroatoms. The number of ether oxygens (including phenoxy) is 2. The Morgan fingerprint density at radius 3 is 2.36 bits per heavy atom. The topological polar surface area (TPSA) is 44.5 Å². The second kappa shape index (κ2) is 4.53. The molecule has 0 aliphatic rings. The zero-order chi connectivity index (χ0) is 10.7. The molecule has 2 N–H and O–H groups in total. The Morgan fingerprint density at radius 1 is 1.29 bits per heavy atom. The molecular weight excluding hydrogens is 202 g/mol. The maximum absolute atomic E-state index is 5.97. The van der Waals surface area contributed by atoms with Gasteiger partial charge in [0.1, 0.15) is 11.5 Å². The van der Waals surface area contributed by atoms with Gasteiger partial charge >= 0.3 is 0 Å². The SMILES string of the molecule is COc1ccc(Cl)c(OC)c1C(C)N. The Bertz CT molecular complexity index is 326. The summed E-state index contributed by atoms with van der Waals surface area (Å²) < 4.78 is 10.4. The van der Waals surface area contributed by atoms with Crippen LogP contribution >= 0.6 is 11.6 Å². The van der Waals surface area contributed by atoms with Crippen molar-refractivity contribution in [1.82, 2.24) is 0 Å². The standard InChI is InChI=1S/C10H14ClNO2/c1-6(12)9-8(13-2)5-4-7(11)10(9)14-3/h4-6H,12H2,1-3H3. The lowest BCUT2D eigenvalue weighted by Gasteiger charge is -2.16. The number of hydrogen-bond donors (Lipinski definition) is 1. The lowest BCUT2D eigenvalue weighted by molar-refractivity contribution is 0.381. The molecule has 0 bridgehead atoms. The van der Waals surface area contributed by atoms with Crippen LogP contribution in [0.2, 0.25) is 5.02 Å². The van der Waals surface area contributed by atoms with Gasteiger partial charge in [-0.25, -0.2) is 0 Å². The zero-order valence-corrected chi connectivity index (χ0v) is 9.26. The number of hydrogen-bond acceptors (Lipinski definition) is 3. The quantitative estimate of drug-likeness (QED) is 0.842. The molecule has 78 valence electrons. The van der Waals surface area contributed by atoms with Crippen molar-refractivity contribution in [2.24, 2.45) is 5.73 Å². The van der Waals surface area contributed by atoms with Gasteiger partial charge in [0.05, 0.1) is 24.8 Å². The summed E-state index contributed by atoms with van der Waals surface area (Å²) in [5, 5.41) is 0.542. The fourth-order valence-electron chi connectivity index (χ4n) is 1.37. The molecule has 1 rings (SSSR count). The Kier molecular flexibility index (Phi) is 3.61. The highest BCUT2D eigenvalue weighted by atomic mass is 35.5. The number of halogens is 1. The highest BCUT2D eigenvalue weighted by molar-refractivity contribution is 6.32. The lowest BCUT2D eigenvalue weighted by Crippen LogP contribution is -2.09. The molecule has 1 aromatic carbocycles. The lowest BCUT2D eigenvalue weighted by atomic mass is 10.1. The number of nitrogens with two attached hydrogens (primary N) is 1. The summed E-state index contributed by atoms with van der Waals surface area (Å²) in [7, 11) is 3.15. The monoisotopic (exact) mass is 215 g/mol. The predicted molar refractivity (Wildman–Crippen MR) is 57.2 cm³/mol. The summed E-state index contributed by atoms with van der Waals surface area (Å²) in [4.78, 5) is 0. The van der Waals surface area contributed by atoms with Gasteiger partial charge in [-0.15, -0.1) is 0 Å². The smallest absolute Gasteiger partial charge is 0.145 e. The van der Waals surface area contributed by atoms with Crippen molar-refractivity contribution in [2.75, 3.05) is 14.2 Å². The van der Waals surface area contributed by atoms with E-state index in [1.807, 2.05) is 6.92 Å². The molecule has 1 atom stereocenters. The Hall–Kier alpha value is -0.930. The van der Waals surface area contributed by atoms with Gasteiger partial charge in [-0.05, 0) is 19.1 Å². The molecule has 0 heterocycles. The zero-order valence-electron chi connectivity index (χ0n) is 8.50. The maximum Gasteiger partial charge on any atom is 0.145 e. The van der Waals surface area contributed by atoms with Crippen LogP contribution in [0.3, 0.4) is 0 Å². The fourth-order valence-corrected chi connectivity index (χ4v) is 1.61. The molecule has 0 saturated heterocycles. The van der Waals surface area contributed by atoms with Crippen molar-refractivity contribution in [1.29, 1.82) is 0 Å². The van der Waals surface area contributed by atoms with Gasteiger partial charge in [0.15, 0.2) is 0 Å². The van der Waals surface area contributed by atoms with Crippen LogP contribution in [0, 0.1) is 0 Å². The van der Waals surface area contributed by atoms with Crippen molar-refractivity contribution in [3.8, 4) is 11.5 Å². The predicted octanol–water partition coefficient (Wildman–Crippen LogP) is 2.38. The number of benzene rings is 1. The van der Waals surface area contributed by atoms with Crippen molar-refractivity contribution in [2.45, 2.75) is 13.0 Å².